The first-order valence-corrected chi connectivity index (χ1v) is 4.77. The van der Waals surface area contributed by atoms with E-state index in [9.17, 15) is 19.1 Å². The van der Waals surface area contributed by atoms with Crippen LogP contribution < -0.4 is 0 Å². The molecule has 1 aromatic rings. The summed E-state index contributed by atoms with van der Waals surface area (Å²) < 4.78 is 17.6. The monoisotopic (exact) mass is 242 g/mol. The summed E-state index contributed by atoms with van der Waals surface area (Å²) in [6, 6.07) is 2.21. The fraction of sp³-hybridized carbons (Fsp3) is 0.273. The molecule has 6 heteroatoms. The second kappa shape index (κ2) is 5.29. The van der Waals surface area contributed by atoms with Crippen molar-refractivity contribution in [3.8, 4) is 5.75 Å². The number of rotatable bonds is 4. The van der Waals surface area contributed by atoms with Crippen molar-refractivity contribution < 1.29 is 28.9 Å². The number of ether oxygens (including phenoxy) is 1. The van der Waals surface area contributed by atoms with Crippen LogP contribution in [-0.2, 0) is 16.0 Å². The third-order valence-corrected chi connectivity index (χ3v) is 2.16. The number of aryl methyl sites for hydroxylation is 1. The van der Waals surface area contributed by atoms with E-state index in [2.05, 4.69) is 4.74 Å². The summed E-state index contributed by atoms with van der Waals surface area (Å²) in [4.78, 5) is 21.6. The van der Waals surface area contributed by atoms with Gasteiger partial charge in [-0.1, -0.05) is 0 Å². The number of halogens is 1. The normalized spacial score (nSPS) is 10.0. The number of hydrogen-bond donors (Lipinski definition) is 2. The van der Waals surface area contributed by atoms with E-state index in [1.165, 1.54) is 6.07 Å². The second-order valence-electron chi connectivity index (χ2n) is 3.36. The molecule has 0 unspecified atom stereocenters. The molecule has 92 valence electrons. The Morgan fingerprint density at radius 1 is 1.41 bits per heavy atom. The zero-order chi connectivity index (χ0) is 13.0. The number of benzene rings is 1. The lowest BCUT2D eigenvalue weighted by Crippen LogP contribution is -2.05. The molecule has 0 heterocycles. The largest absolute Gasteiger partial charge is 0.504 e. The van der Waals surface area contributed by atoms with Crippen LogP contribution in [0.15, 0.2) is 12.1 Å². The van der Waals surface area contributed by atoms with E-state index < -0.39 is 23.5 Å². The van der Waals surface area contributed by atoms with Gasteiger partial charge in [0, 0.05) is 6.42 Å². The molecule has 0 aliphatic rings. The number of carboxylic acids is 1. The maximum Gasteiger partial charge on any atom is 0.341 e. The Kier molecular flexibility index (Phi) is 4.03. The Hall–Kier alpha value is -2.11. The number of methoxy groups -OCH3 is 1. The minimum atomic E-state index is -1.03. The van der Waals surface area contributed by atoms with Crippen LogP contribution in [0.2, 0.25) is 0 Å². The minimum Gasteiger partial charge on any atom is -0.504 e. The highest BCUT2D eigenvalue weighted by molar-refractivity contribution is 5.92. The van der Waals surface area contributed by atoms with Crippen LogP contribution in [0.3, 0.4) is 0 Å². The van der Waals surface area contributed by atoms with Crippen LogP contribution in [0.1, 0.15) is 22.3 Å². The second-order valence-corrected chi connectivity index (χ2v) is 3.36. The van der Waals surface area contributed by atoms with E-state index in [0.29, 0.717) is 5.56 Å². The lowest BCUT2D eigenvalue weighted by atomic mass is 10.0. The average Bonchev–Trinajstić information content (AvgIpc) is 2.29. The van der Waals surface area contributed by atoms with Crippen molar-refractivity contribution in [2.24, 2.45) is 0 Å². The molecule has 1 aromatic carbocycles. The van der Waals surface area contributed by atoms with Gasteiger partial charge >= 0.3 is 11.9 Å². The summed E-state index contributed by atoms with van der Waals surface area (Å²) in [6.45, 7) is 0. The first kappa shape index (κ1) is 13.0. The van der Waals surface area contributed by atoms with Crippen LogP contribution in [0.5, 0.6) is 5.75 Å². The Bertz CT molecular complexity index is 455. The molecular formula is C11H11FO5. The number of phenols is 1. The summed E-state index contributed by atoms with van der Waals surface area (Å²) in [6.07, 6.45) is -0.124. The molecule has 5 nitrogen and oxygen atoms in total. The maximum absolute atomic E-state index is 13.3. The van der Waals surface area contributed by atoms with E-state index in [4.69, 9.17) is 5.11 Å². The van der Waals surface area contributed by atoms with Crippen molar-refractivity contribution >= 4 is 11.9 Å². The van der Waals surface area contributed by atoms with Crippen LogP contribution >= 0.6 is 0 Å². The van der Waals surface area contributed by atoms with Gasteiger partial charge in [-0.25, -0.2) is 9.18 Å². The molecule has 0 spiro atoms. The number of carboxylic acid groups (broad SMARTS) is 1. The lowest BCUT2D eigenvalue weighted by Gasteiger charge is -2.06. The molecule has 0 fully saturated rings. The topological polar surface area (TPSA) is 83.8 Å². The molecule has 0 radical (unpaired) electrons. The molecule has 0 saturated carbocycles. The Balaban J connectivity index is 3.05. The molecule has 0 bridgehead atoms. The molecule has 0 aliphatic carbocycles. The van der Waals surface area contributed by atoms with Crippen molar-refractivity contribution in [1.29, 1.82) is 0 Å². The number of phenolic OH excluding ortho intramolecular Hbond substituents is 1. The molecule has 0 amide bonds. The van der Waals surface area contributed by atoms with Crippen LogP contribution in [-0.4, -0.2) is 29.3 Å². The van der Waals surface area contributed by atoms with Gasteiger partial charge in [-0.15, -0.1) is 0 Å². The summed E-state index contributed by atoms with van der Waals surface area (Å²) in [5.74, 6) is -3.68. The summed E-state index contributed by atoms with van der Waals surface area (Å²) in [5, 5.41) is 17.8. The van der Waals surface area contributed by atoms with Crippen molar-refractivity contribution in [2.75, 3.05) is 7.11 Å². The highest BCUT2D eigenvalue weighted by Crippen LogP contribution is 2.24. The number of aliphatic carboxylic acids is 1. The number of esters is 1. The predicted molar refractivity (Wildman–Crippen MR) is 55.4 cm³/mol. The van der Waals surface area contributed by atoms with E-state index in [-0.39, 0.29) is 18.4 Å². The summed E-state index contributed by atoms with van der Waals surface area (Å²) in [7, 11) is 1.10. The smallest absolute Gasteiger partial charge is 0.341 e. The Labute approximate surface area is 96.4 Å². The highest BCUT2D eigenvalue weighted by atomic mass is 19.1. The number of hydrogen-bond acceptors (Lipinski definition) is 4. The zero-order valence-electron chi connectivity index (χ0n) is 9.07. The zero-order valence-corrected chi connectivity index (χ0v) is 9.07. The molecule has 17 heavy (non-hydrogen) atoms. The van der Waals surface area contributed by atoms with Gasteiger partial charge in [-0.2, -0.15) is 0 Å². The van der Waals surface area contributed by atoms with Gasteiger partial charge in [-0.3, -0.25) is 4.79 Å². The average molecular weight is 242 g/mol. The quantitative estimate of drug-likeness (QED) is 0.778. The maximum atomic E-state index is 13.3. The van der Waals surface area contributed by atoms with Gasteiger partial charge in [0.2, 0.25) is 0 Å². The first-order valence-electron chi connectivity index (χ1n) is 4.77. The van der Waals surface area contributed by atoms with E-state index in [0.717, 1.165) is 13.2 Å². The molecule has 0 atom stereocenters. The fourth-order valence-corrected chi connectivity index (χ4v) is 1.32. The number of carbonyl (C=O) groups is 2. The minimum absolute atomic E-state index is 0.0660. The molecular weight excluding hydrogens is 231 g/mol. The van der Waals surface area contributed by atoms with E-state index in [1.54, 1.807) is 0 Å². The van der Waals surface area contributed by atoms with E-state index >= 15 is 0 Å². The number of carbonyl (C=O) groups excluding carboxylic acids is 1. The number of aromatic hydroxyl groups is 1. The van der Waals surface area contributed by atoms with Gasteiger partial charge in [-0.05, 0) is 24.1 Å². The molecule has 0 aliphatic heterocycles. The molecule has 2 N–H and O–H groups in total. The van der Waals surface area contributed by atoms with Gasteiger partial charge in [0.15, 0.2) is 11.6 Å². The predicted octanol–water partition coefficient (Wildman–Crippen LogP) is 1.34. The SMILES string of the molecule is COC(=O)c1cc(CCC(=O)O)cc(F)c1O. The van der Waals surface area contributed by atoms with Gasteiger partial charge in [0.25, 0.3) is 0 Å². The lowest BCUT2D eigenvalue weighted by molar-refractivity contribution is -0.136. The van der Waals surface area contributed by atoms with Gasteiger partial charge in [0.05, 0.1) is 7.11 Å². The van der Waals surface area contributed by atoms with E-state index in [1.807, 2.05) is 0 Å². The summed E-state index contributed by atoms with van der Waals surface area (Å²) in [5.41, 5.74) is -0.00371. The molecule has 0 saturated heterocycles. The Morgan fingerprint density at radius 3 is 2.59 bits per heavy atom. The van der Waals surface area contributed by atoms with Crippen molar-refractivity contribution in [3.05, 3.63) is 29.1 Å². The highest BCUT2D eigenvalue weighted by Gasteiger charge is 2.17. The van der Waals surface area contributed by atoms with Crippen molar-refractivity contribution in [1.82, 2.24) is 0 Å². The third kappa shape index (κ3) is 3.17. The first-order chi connectivity index (χ1) is 7.95. The Morgan fingerprint density at radius 2 is 2.06 bits per heavy atom. The van der Waals surface area contributed by atoms with Crippen LogP contribution in [0.4, 0.5) is 4.39 Å². The van der Waals surface area contributed by atoms with Crippen molar-refractivity contribution in [2.45, 2.75) is 12.8 Å². The third-order valence-electron chi connectivity index (χ3n) is 2.16. The van der Waals surface area contributed by atoms with Crippen LogP contribution in [0, 0.1) is 5.82 Å². The molecule has 1 rings (SSSR count). The van der Waals surface area contributed by atoms with Crippen LogP contribution in [0.25, 0.3) is 0 Å². The van der Waals surface area contributed by atoms with Gasteiger partial charge < -0.3 is 14.9 Å². The van der Waals surface area contributed by atoms with Gasteiger partial charge in [0.1, 0.15) is 5.56 Å². The fourth-order valence-electron chi connectivity index (χ4n) is 1.32. The summed E-state index contributed by atoms with van der Waals surface area (Å²) >= 11 is 0. The van der Waals surface area contributed by atoms with Crippen molar-refractivity contribution in [3.63, 3.8) is 0 Å². The standard InChI is InChI=1S/C11H11FO5/c1-17-11(16)7-4-6(2-3-9(13)14)5-8(12)10(7)15/h4-5,15H,2-3H2,1H3,(H,13,14). The molecule has 0 aromatic heterocycles.